The molecule has 2 atom stereocenters. The van der Waals surface area contributed by atoms with Gasteiger partial charge in [-0.1, -0.05) is 18.2 Å². The zero-order valence-corrected chi connectivity index (χ0v) is 15.7. The summed E-state index contributed by atoms with van der Waals surface area (Å²) in [6, 6.07) is 13.2. The number of nitrogens with zero attached hydrogens (tertiary/aromatic N) is 3. The fourth-order valence-corrected chi connectivity index (χ4v) is 3.33. The minimum atomic E-state index is -0.418. The number of fused-ring (bicyclic) bond motifs is 1. The predicted octanol–water partition coefficient (Wildman–Crippen LogP) is 2.65. The number of hydrogen-bond acceptors (Lipinski definition) is 7. The van der Waals surface area contributed by atoms with E-state index in [9.17, 15) is 5.11 Å². The van der Waals surface area contributed by atoms with E-state index in [0.717, 1.165) is 23.4 Å². The number of hydrazone groups is 1. The SMILES string of the molecule is CCOc1ccc(C[C@@H](N)c2nc(O)c3cc(C4C=NNC4)ccc3n2)cc1. The number of aromatic hydroxyl groups is 1. The van der Waals surface area contributed by atoms with E-state index >= 15 is 0 Å². The van der Waals surface area contributed by atoms with E-state index in [1.807, 2.05) is 55.6 Å². The molecule has 4 rings (SSSR count). The van der Waals surface area contributed by atoms with Crippen LogP contribution in [0.25, 0.3) is 10.9 Å². The van der Waals surface area contributed by atoms with Crippen LogP contribution in [-0.4, -0.2) is 34.4 Å². The number of ether oxygens (including phenoxy) is 1. The molecule has 1 aliphatic heterocycles. The second-order valence-electron chi connectivity index (χ2n) is 6.82. The number of nitrogens with two attached hydrogens (primary N) is 1. The van der Waals surface area contributed by atoms with Gasteiger partial charge in [-0.25, -0.2) is 4.98 Å². The summed E-state index contributed by atoms with van der Waals surface area (Å²) in [5.41, 5.74) is 12.1. The van der Waals surface area contributed by atoms with Crippen LogP contribution in [0.5, 0.6) is 11.6 Å². The number of nitrogens with one attached hydrogen (secondary N) is 1. The minimum absolute atomic E-state index is 0.0492. The Bertz CT molecular complexity index is 1000. The van der Waals surface area contributed by atoms with E-state index in [1.165, 1.54) is 0 Å². The molecule has 28 heavy (non-hydrogen) atoms. The summed E-state index contributed by atoms with van der Waals surface area (Å²) >= 11 is 0. The topological polar surface area (TPSA) is 106 Å². The van der Waals surface area contributed by atoms with E-state index in [1.54, 1.807) is 0 Å². The van der Waals surface area contributed by atoms with Gasteiger partial charge in [-0.3, -0.25) is 0 Å². The molecule has 3 aromatic rings. The molecule has 1 unspecified atom stereocenters. The fourth-order valence-electron chi connectivity index (χ4n) is 3.33. The number of rotatable bonds is 6. The highest BCUT2D eigenvalue weighted by molar-refractivity contribution is 5.85. The predicted molar refractivity (Wildman–Crippen MR) is 109 cm³/mol. The maximum absolute atomic E-state index is 10.5. The van der Waals surface area contributed by atoms with E-state index in [-0.39, 0.29) is 11.8 Å². The Kier molecular flexibility index (Phi) is 5.08. The maximum Gasteiger partial charge on any atom is 0.222 e. The van der Waals surface area contributed by atoms with Gasteiger partial charge in [0.2, 0.25) is 5.88 Å². The molecule has 1 aliphatic rings. The lowest BCUT2D eigenvalue weighted by molar-refractivity contribution is 0.340. The molecular formula is C21H23N5O2. The summed E-state index contributed by atoms with van der Waals surface area (Å²) in [6.45, 7) is 3.33. The van der Waals surface area contributed by atoms with Crippen molar-refractivity contribution in [3.8, 4) is 11.6 Å². The van der Waals surface area contributed by atoms with Gasteiger partial charge in [0.05, 0.1) is 23.6 Å². The van der Waals surface area contributed by atoms with E-state index < -0.39 is 6.04 Å². The second-order valence-corrected chi connectivity index (χ2v) is 6.82. The summed E-state index contributed by atoms with van der Waals surface area (Å²) in [4.78, 5) is 8.83. The lowest BCUT2D eigenvalue weighted by Gasteiger charge is -2.13. The molecule has 0 spiro atoms. The van der Waals surface area contributed by atoms with Crippen LogP contribution in [0.2, 0.25) is 0 Å². The fraction of sp³-hybridized carbons (Fsp3) is 0.286. The van der Waals surface area contributed by atoms with Crippen molar-refractivity contribution < 1.29 is 9.84 Å². The zero-order valence-electron chi connectivity index (χ0n) is 15.7. The molecule has 7 nitrogen and oxygen atoms in total. The lowest BCUT2D eigenvalue weighted by Crippen LogP contribution is -2.17. The summed E-state index contributed by atoms with van der Waals surface area (Å²) < 4.78 is 5.46. The van der Waals surface area contributed by atoms with Crippen molar-refractivity contribution in [2.45, 2.75) is 25.3 Å². The zero-order chi connectivity index (χ0) is 19.5. The standard InChI is InChI=1S/C21H23N5O2/c1-2-28-16-6-3-13(4-7-16)9-18(22)20-25-19-8-5-14(15-11-23-24-12-15)10-17(19)21(27)26-20/h3-8,10-11,15,18,24H,2,9,12,22H2,1H3,(H,25,26,27)/t15?,18-/m1/s1. The van der Waals surface area contributed by atoms with E-state index in [2.05, 4.69) is 20.5 Å². The van der Waals surface area contributed by atoms with Gasteiger partial charge in [-0.15, -0.1) is 0 Å². The van der Waals surface area contributed by atoms with Gasteiger partial charge < -0.3 is 21.0 Å². The smallest absolute Gasteiger partial charge is 0.222 e. The molecule has 0 bridgehead atoms. The lowest BCUT2D eigenvalue weighted by atomic mass is 9.99. The molecule has 2 heterocycles. The molecule has 0 radical (unpaired) electrons. The summed E-state index contributed by atoms with van der Waals surface area (Å²) in [7, 11) is 0. The summed E-state index contributed by atoms with van der Waals surface area (Å²) in [5, 5.41) is 15.1. The van der Waals surface area contributed by atoms with Crippen LogP contribution in [0.15, 0.2) is 47.6 Å². The van der Waals surface area contributed by atoms with Crippen LogP contribution in [0.3, 0.4) is 0 Å². The molecule has 7 heteroatoms. The van der Waals surface area contributed by atoms with Gasteiger partial charge in [0, 0.05) is 18.7 Å². The van der Waals surface area contributed by atoms with Gasteiger partial charge in [0.1, 0.15) is 11.6 Å². The molecule has 0 saturated heterocycles. The average molecular weight is 377 g/mol. The largest absolute Gasteiger partial charge is 0.494 e. The first-order chi connectivity index (χ1) is 13.6. The third-order valence-electron chi connectivity index (χ3n) is 4.82. The molecule has 1 aromatic heterocycles. The monoisotopic (exact) mass is 377 g/mol. The normalized spacial score (nSPS) is 16.9. The van der Waals surface area contributed by atoms with Crippen LogP contribution in [0.4, 0.5) is 0 Å². The molecule has 0 aliphatic carbocycles. The Hall–Kier alpha value is -3.19. The Labute approximate surface area is 163 Å². The molecule has 0 amide bonds. The van der Waals surface area contributed by atoms with Crippen LogP contribution < -0.4 is 15.9 Å². The Morgan fingerprint density at radius 1 is 1.21 bits per heavy atom. The Morgan fingerprint density at radius 3 is 2.75 bits per heavy atom. The summed E-state index contributed by atoms with van der Waals surface area (Å²) in [5.74, 6) is 1.39. The van der Waals surface area contributed by atoms with Gasteiger partial charge in [-0.05, 0) is 48.7 Å². The summed E-state index contributed by atoms with van der Waals surface area (Å²) in [6.07, 6.45) is 2.43. The second kappa shape index (κ2) is 7.82. The minimum Gasteiger partial charge on any atom is -0.494 e. The number of hydrogen-bond donors (Lipinski definition) is 3. The molecular weight excluding hydrogens is 354 g/mol. The van der Waals surface area contributed by atoms with Crippen molar-refractivity contribution in [2.24, 2.45) is 10.8 Å². The molecule has 0 fully saturated rings. The van der Waals surface area contributed by atoms with Crippen molar-refractivity contribution in [2.75, 3.05) is 13.2 Å². The Balaban J connectivity index is 1.56. The first-order valence-corrected chi connectivity index (χ1v) is 9.38. The highest BCUT2D eigenvalue weighted by Gasteiger charge is 2.17. The average Bonchev–Trinajstić information content (AvgIpc) is 3.24. The van der Waals surface area contributed by atoms with Crippen LogP contribution in [-0.2, 0) is 6.42 Å². The molecule has 4 N–H and O–H groups in total. The van der Waals surface area contributed by atoms with Crippen molar-refractivity contribution in [3.63, 3.8) is 0 Å². The van der Waals surface area contributed by atoms with E-state index in [0.29, 0.717) is 29.8 Å². The van der Waals surface area contributed by atoms with Gasteiger partial charge in [-0.2, -0.15) is 10.1 Å². The third-order valence-corrected chi connectivity index (χ3v) is 4.82. The van der Waals surface area contributed by atoms with Crippen molar-refractivity contribution in [1.29, 1.82) is 0 Å². The highest BCUT2D eigenvalue weighted by atomic mass is 16.5. The van der Waals surface area contributed by atoms with Gasteiger partial charge in [0.15, 0.2) is 0 Å². The van der Waals surface area contributed by atoms with Crippen LogP contribution >= 0.6 is 0 Å². The third kappa shape index (κ3) is 3.75. The van der Waals surface area contributed by atoms with Crippen molar-refractivity contribution in [1.82, 2.24) is 15.4 Å². The maximum atomic E-state index is 10.5. The van der Waals surface area contributed by atoms with Crippen LogP contribution in [0.1, 0.15) is 35.8 Å². The first kappa shape index (κ1) is 18.2. The highest BCUT2D eigenvalue weighted by Crippen LogP contribution is 2.28. The van der Waals surface area contributed by atoms with Crippen molar-refractivity contribution in [3.05, 3.63) is 59.4 Å². The Morgan fingerprint density at radius 2 is 2.04 bits per heavy atom. The molecule has 144 valence electrons. The van der Waals surface area contributed by atoms with E-state index in [4.69, 9.17) is 10.5 Å². The number of benzene rings is 2. The first-order valence-electron chi connectivity index (χ1n) is 9.38. The van der Waals surface area contributed by atoms with Gasteiger partial charge in [0.25, 0.3) is 0 Å². The number of aromatic nitrogens is 2. The van der Waals surface area contributed by atoms with Crippen LogP contribution in [0, 0.1) is 0 Å². The molecule has 2 aromatic carbocycles. The van der Waals surface area contributed by atoms with Crippen molar-refractivity contribution >= 4 is 17.1 Å². The van der Waals surface area contributed by atoms with Gasteiger partial charge >= 0.3 is 0 Å². The quantitative estimate of drug-likeness (QED) is 0.610. The molecule has 0 saturated carbocycles.